The summed E-state index contributed by atoms with van der Waals surface area (Å²) in [6.45, 7) is 1.30. The van der Waals surface area contributed by atoms with E-state index in [4.69, 9.17) is 0 Å². The summed E-state index contributed by atoms with van der Waals surface area (Å²) in [5.41, 5.74) is 1.95. The highest BCUT2D eigenvalue weighted by atomic mass is 19.1. The zero-order valence-corrected chi connectivity index (χ0v) is 17.9. The second-order valence-electron chi connectivity index (χ2n) is 7.33. The zero-order valence-electron chi connectivity index (χ0n) is 17.9. The van der Waals surface area contributed by atoms with E-state index < -0.39 is 17.7 Å². The van der Waals surface area contributed by atoms with E-state index in [-0.39, 0.29) is 49.4 Å². The fourth-order valence-corrected chi connectivity index (χ4v) is 3.85. The number of fused-ring (bicyclic) bond motifs is 1. The monoisotopic (exact) mass is 454 g/mol. The van der Waals surface area contributed by atoms with Crippen LogP contribution < -0.4 is 10.2 Å². The van der Waals surface area contributed by atoms with Crippen LogP contribution in [0.15, 0.2) is 36.4 Å². The number of anilines is 2. The van der Waals surface area contributed by atoms with Gasteiger partial charge in [0.05, 0.1) is 30.0 Å². The summed E-state index contributed by atoms with van der Waals surface area (Å²) in [4.78, 5) is 26.1. The second kappa shape index (κ2) is 10.1. The SMILES string of the molecule is Cc1c(C(=O)Nc2ccc(N(CCO)CCO)c(C#N)c2)c2cc(F)ccc2n1CC(=O)O. The van der Waals surface area contributed by atoms with Crippen molar-refractivity contribution in [2.45, 2.75) is 13.5 Å². The third-order valence-corrected chi connectivity index (χ3v) is 5.26. The summed E-state index contributed by atoms with van der Waals surface area (Å²) >= 11 is 0. The molecule has 0 bridgehead atoms. The van der Waals surface area contributed by atoms with Crippen LogP contribution in [0.5, 0.6) is 0 Å². The number of aliphatic hydroxyl groups excluding tert-OH is 2. The Balaban J connectivity index is 1.99. The molecule has 172 valence electrons. The van der Waals surface area contributed by atoms with Crippen molar-refractivity contribution >= 4 is 34.2 Å². The van der Waals surface area contributed by atoms with Crippen molar-refractivity contribution in [1.29, 1.82) is 5.26 Å². The first-order valence-electron chi connectivity index (χ1n) is 10.1. The molecule has 0 atom stereocenters. The molecule has 4 N–H and O–H groups in total. The van der Waals surface area contributed by atoms with E-state index in [0.717, 1.165) is 0 Å². The molecule has 3 aromatic rings. The number of carbonyl (C=O) groups excluding carboxylic acids is 1. The number of nitrogens with zero attached hydrogens (tertiary/aromatic N) is 3. The van der Waals surface area contributed by atoms with Crippen molar-refractivity contribution in [3.63, 3.8) is 0 Å². The molecule has 0 fully saturated rings. The Bertz CT molecular complexity index is 1240. The average Bonchev–Trinajstić information content (AvgIpc) is 3.03. The summed E-state index contributed by atoms with van der Waals surface area (Å²) in [5.74, 6) is -2.24. The highest BCUT2D eigenvalue weighted by molar-refractivity contribution is 6.14. The first-order chi connectivity index (χ1) is 15.8. The predicted octanol–water partition coefficient (Wildman–Crippen LogP) is 2.09. The molecule has 2 aromatic carbocycles. The number of carboxylic acids is 1. The van der Waals surface area contributed by atoms with Gasteiger partial charge >= 0.3 is 5.97 Å². The van der Waals surface area contributed by atoms with E-state index in [0.29, 0.717) is 22.6 Å². The van der Waals surface area contributed by atoms with Gasteiger partial charge in [-0.15, -0.1) is 0 Å². The minimum atomic E-state index is -1.10. The number of benzene rings is 2. The lowest BCUT2D eigenvalue weighted by Gasteiger charge is -2.24. The van der Waals surface area contributed by atoms with Crippen molar-refractivity contribution in [3.8, 4) is 6.07 Å². The maximum Gasteiger partial charge on any atom is 0.323 e. The molecule has 0 spiro atoms. The molecular formula is C23H23FN4O5. The minimum absolute atomic E-state index is 0.135. The summed E-state index contributed by atoms with van der Waals surface area (Å²) < 4.78 is 15.3. The number of halogens is 1. The number of hydrogen-bond donors (Lipinski definition) is 4. The van der Waals surface area contributed by atoms with Gasteiger partial charge in [-0.05, 0) is 43.3 Å². The number of nitriles is 1. The van der Waals surface area contributed by atoms with Crippen LogP contribution >= 0.6 is 0 Å². The smallest absolute Gasteiger partial charge is 0.323 e. The van der Waals surface area contributed by atoms with Crippen LogP contribution in [0.4, 0.5) is 15.8 Å². The van der Waals surface area contributed by atoms with Crippen LogP contribution in [0.1, 0.15) is 21.6 Å². The Kier molecular flexibility index (Phi) is 7.27. The number of aromatic nitrogens is 1. The molecule has 0 saturated heterocycles. The van der Waals surface area contributed by atoms with Crippen molar-refractivity contribution in [3.05, 3.63) is 59.0 Å². The number of aliphatic hydroxyl groups is 2. The quantitative estimate of drug-likeness (QED) is 0.388. The fraction of sp³-hybridized carbons (Fsp3) is 0.261. The predicted molar refractivity (Wildman–Crippen MR) is 120 cm³/mol. The van der Waals surface area contributed by atoms with Crippen molar-refractivity contribution in [2.75, 3.05) is 36.5 Å². The highest BCUT2D eigenvalue weighted by Gasteiger charge is 2.22. The van der Waals surface area contributed by atoms with Crippen LogP contribution in [-0.4, -0.2) is 58.1 Å². The van der Waals surface area contributed by atoms with Crippen LogP contribution in [0, 0.1) is 24.1 Å². The topological polar surface area (TPSA) is 139 Å². The van der Waals surface area contributed by atoms with Gasteiger partial charge in [-0.25, -0.2) is 4.39 Å². The third kappa shape index (κ3) is 4.95. The van der Waals surface area contributed by atoms with Gasteiger partial charge < -0.3 is 30.1 Å². The van der Waals surface area contributed by atoms with Gasteiger partial charge in [-0.1, -0.05) is 0 Å². The molecule has 33 heavy (non-hydrogen) atoms. The molecule has 9 nitrogen and oxygen atoms in total. The molecule has 1 heterocycles. The second-order valence-corrected chi connectivity index (χ2v) is 7.33. The molecule has 1 amide bonds. The maximum atomic E-state index is 13.9. The van der Waals surface area contributed by atoms with E-state index in [1.807, 2.05) is 6.07 Å². The number of nitrogens with one attached hydrogen (secondary N) is 1. The molecule has 0 unspecified atom stereocenters. The van der Waals surface area contributed by atoms with Crippen LogP contribution in [0.2, 0.25) is 0 Å². The van der Waals surface area contributed by atoms with Crippen molar-refractivity contribution in [2.24, 2.45) is 0 Å². The van der Waals surface area contributed by atoms with E-state index in [2.05, 4.69) is 5.32 Å². The molecule has 0 saturated carbocycles. The molecule has 3 rings (SSSR count). The largest absolute Gasteiger partial charge is 0.480 e. The normalized spacial score (nSPS) is 10.8. The fourth-order valence-electron chi connectivity index (χ4n) is 3.85. The van der Waals surface area contributed by atoms with Gasteiger partial charge in [0, 0.05) is 35.4 Å². The minimum Gasteiger partial charge on any atom is -0.480 e. The third-order valence-electron chi connectivity index (χ3n) is 5.26. The first kappa shape index (κ1) is 23.7. The Morgan fingerprint density at radius 2 is 1.85 bits per heavy atom. The van der Waals surface area contributed by atoms with Gasteiger partial charge in [-0.2, -0.15) is 5.26 Å². The number of rotatable bonds is 9. The Labute approximate surface area is 188 Å². The molecule has 1 aromatic heterocycles. The van der Waals surface area contributed by atoms with E-state index >= 15 is 0 Å². The highest BCUT2D eigenvalue weighted by Crippen LogP contribution is 2.29. The number of hydrogen-bond acceptors (Lipinski definition) is 6. The lowest BCUT2D eigenvalue weighted by Crippen LogP contribution is -2.30. The molecule has 10 heteroatoms. The maximum absolute atomic E-state index is 13.9. The lowest BCUT2D eigenvalue weighted by atomic mass is 10.1. The molecule has 0 aliphatic carbocycles. The van der Waals surface area contributed by atoms with Gasteiger partial charge in [0.1, 0.15) is 18.4 Å². The van der Waals surface area contributed by atoms with Gasteiger partial charge in [-0.3, -0.25) is 9.59 Å². The van der Waals surface area contributed by atoms with Gasteiger partial charge in [0.2, 0.25) is 0 Å². The summed E-state index contributed by atoms with van der Waals surface area (Å²) in [7, 11) is 0. The van der Waals surface area contributed by atoms with E-state index in [9.17, 15) is 34.6 Å². The number of amides is 1. The first-order valence-corrected chi connectivity index (χ1v) is 10.1. The molecule has 0 radical (unpaired) electrons. The molecular weight excluding hydrogens is 431 g/mol. The summed E-state index contributed by atoms with van der Waals surface area (Å²) in [6.07, 6.45) is 0. The Hall–Kier alpha value is -3.94. The van der Waals surface area contributed by atoms with E-state index in [1.165, 1.54) is 28.8 Å². The van der Waals surface area contributed by atoms with Gasteiger partial charge in [0.15, 0.2) is 0 Å². The zero-order chi connectivity index (χ0) is 24.1. The average molecular weight is 454 g/mol. The molecule has 0 aliphatic rings. The van der Waals surface area contributed by atoms with E-state index in [1.54, 1.807) is 24.0 Å². The Morgan fingerprint density at radius 1 is 1.15 bits per heavy atom. The van der Waals surface area contributed by atoms with Crippen LogP contribution in [-0.2, 0) is 11.3 Å². The summed E-state index contributed by atoms with van der Waals surface area (Å²) in [6, 6.07) is 10.5. The van der Waals surface area contributed by atoms with Crippen molar-refractivity contribution in [1.82, 2.24) is 4.57 Å². The summed E-state index contributed by atoms with van der Waals surface area (Å²) in [5, 5.41) is 40.3. The number of aliphatic carboxylic acids is 1. The molecule has 0 aliphatic heterocycles. The lowest BCUT2D eigenvalue weighted by molar-refractivity contribution is -0.137. The standard InChI is InChI=1S/C23H23FN4O5/c1-14-22(18-11-16(24)2-4-20(18)28(14)13-21(31)32)23(33)26-17-3-5-19(15(10-17)12-25)27(6-8-29)7-9-30/h2-5,10-11,29-30H,6-9,13H2,1H3,(H,26,33)(H,31,32). The number of carbonyl (C=O) groups is 2. The van der Waals surface area contributed by atoms with Crippen LogP contribution in [0.25, 0.3) is 10.9 Å². The van der Waals surface area contributed by atoms with Gasteiger partial charge in [0.25, 0.3) is 5.91 Å². The Morgan fingerprint density at radius 3 is 2.45 bits per heavy atom. The van der Waals surface area contributed by atoms with Crippen molar-refractivity contribution < 1.29 is 29.3 Å². The van der Waals surface area contributed by atoms with Crippen LogP contribution in [0.3, 0.4) is 0 Å². The number of carboxylic acid groups (broad SMARTS) is 1.